The van der Waals surface area contributed by atoms with Gasteiger partial charge in [0.15, 0.2) is 11.5 Å². The predicted molar refractivity (Wildman–Crippen MR) is 128 cm³/mol. The van der Waals surface area contributed by atoms with Gasteiger partial charge in [-0.15, -0.1) is 0 Å². The zero-order valence-electron chi connectivity index (χ0n) is 20.1. The molecule has 10 nitrogen and oxygen atoms in total. The summed E-state index contributed by atoms with van der Waals surface area (Å²) in [5.41, 5.74) is 3.26. The lowest BCUT2D eigenvalue weighted by atomic mass is 10.1. The Balaban J connectivity index is 2.05. The third-order valence-corrected chi connectivity index (χ3v) is 4.41. The van der Waals surface area contributed by atoms with Gasteiger partial charge < -0.3 is 29.0 Å². The molecule has 2 N–H and O–H groups in total. The number of carbonyl (C=O) groups excluding carboxylic acids is 2. The maximum absolute atomic E-state index is 12.7. The second-order valence-electron chi connectivity index (χ2n) is 6.68. The van der Waals surface area contributed by atoms with E-state index in [4.69, 9.17) is 23.7 Å². The molecule has 184 valence electrons. The minimum Gasteiger partial charge on any atom is -0.497 e. The molecule has 0 spiro atoms. The van der Waals surface area contributed by atoms with E-state index in [1.54, 1.807) is 37.4 Å². The van der Waals surface area contributed by atoms with E-state index in [0.717, 1.165) is 0 Å². The predicted octanol–water partition coefficient (Wildman–Crippen LogP) is 2.78. The molecule has 0 aliphatic carbocycles. The fraction of sp³-hybridized carbons (Fsp3) is 0.375. The van der Waals surface area contributed by atoms with Gasteiger partial charge in [0.2, 0.25) is 5.75 Å². The molecule has 34 heavy (non-hydrogen) atoms. The van der Waals surface area contributed by atoms with Crippen molar-refractivity contribution in [3.05, 3.63) is 41.5 Å². The van der Waals surface area contributed by atoms with Crippen molar-refractivity contribution in [2.45, 2.75) is 20.8 Å². The molecule has 0 heterocycles. The summed E-state index contributed by atoms with van der Waals surface area (Å²) in [7, 11) is 3.08. The van der Waals surface area contributed by atoms with Crippen molar-refractivity contribution < 1.29 is 33.3 Å². The average molecular weight is 474 g/mol. The summed E-state index contributed by atoms with van der Waals surface area (Å²) in [5.74, 6) is 1.42. The quantitative estimate of drug-likeness (QED) is 0.339. The average Bonchev–Trinajstić information content (AvgIpc) is 2.84. The maximum Gasteiger partial charge on any atom is 0.259 e. The van der Waals surface area contributed by atoms with Crippen molar-refractivity contribution in [1.29, 1.82) is 0 Å². The molecule has 0 saturated heterocycles. The number of methoxy groups -OCH3 is 2. The largest absolute Gasteiger partial charge is 0.497 e. The highest BCUT2D eigenvalue weighted by Gasteiger charge is 2.18. The topological polar surface area (TPSA) is 117 Å². The highest BCUT2D eigenvalue weighted by molar-refractivity contribution is 5.97. The minimum absolute atomic E-state index is 0.271. The van der Waals surface area contributed by atoms with Crippen molar-refractivity contribution in [3.8, 4) is 28.7 Å². The number of rotatable bonds is 13. The van der Waals surface area contributed by atoms with Gasteiger partial charge in [0.1, 0.15) is 11.5 Å². The third kappa shape index (κ3) is 7.29. The van der Waals surface area contributed by atoms with Gasteiger partial charge in [-0.2, -0.15) is 5.10 Å². The monoisotopic (exact) mass is 473 g/mol. The van der Waals surface area contributed by atoms with E-state index < -0.39 is 11.8 Å². The first-order valence-corrected chi connectivity index (χ1v) is 10.9. The number of nitrogens with zero attached hydrogens (tertiary/aromatic N) is 1. The number of nitrogens with one attached hydrogen (secondary N) is 2. The van der Waals surface area contributed by atoms with Crippen molar-refractivity contribution in [1.82, 2.24) is 10.7 Å². The molecule has 10 heteroatoms. The number of hydrogen-bond acceptors (Lipinski definition) is 8. The van der Waals surface area contributed by atoms with E-state index in [2.05, 4.69) is 15.8 Å². The van der Waals surface area contributed by atoms with Gasteiger partial charge in [-0.05, 0) is 51.1 Å². The Kier molecular flexibility index (Phi) is 10.5. The van der Waals surface area contributed by atoms with Gasteiger partial charge in [-0.25, -0.2) is 5.43 Å². The van der Waals surface area contributed by atoms with Crippen molar-refractivity contribution in [3.63, 3.8) is 0 Å². The van der Waals surface area contributed by atoms with Crippen LogP contribution in [0.3, 0.4) is 0 Å². The Morgan fingerprint density at radius 3 is 2.09 bits per heavy atom. The molecule has 2 amide bonds. The van der Waals surface area contributed by atoms with Gasteiger partial charge in [-0.3, -0.25) is 9.59 Å². The van der Waals surface area contributed by atoms with Crippen LogP contribution in [-0.2, 0) is 4.79 Å². The lowest BCUT2D eigenvalue weighted by Gasteiger charge is -2.17. The Hall–Kier alpha value is -3.95. The van der Waals surface area contributed by atoms with Crippen molar-refractivity contribution in [2.75, 3.05) is 40.6 Å². The summed E-state index contributed by atoms with van der Waals surface area (Å²) in [6, 6.07) is 8.30. The van der Waals surface area contributed by atoms with Crippen LogP contribution in [0.1, 0.15) is 36.7 Å². The minimum atomic E-state index is -0.507. The first-order chi connectivity index (χ1) is 16.5. The van der Waals surface area contributed by atoms with Crippen LogP contribution in [0.2, 0.25) is 0 Å². The zero-order chi connectivity index (χ0) is 24.9. The summed E-state index contributed by atoms with van der Waals surface area (Å²) >= 11 is 0. The van der Waals surface area contributed by atoms with Crippen LogP contribution in [0.25, 0.3) is 0 Å². The highest BCUT2D eigenvalue weighted by Crippen LogP contribution is 2.39. The van der Waals surface area contributed by atoms with Crippen molar-refractivity contribution in [2.24, 2.45) is 5.10 Å². The van der Waals surface area contributed by atoms with Crippen LogP contribution in [0.5, 0.6) is 28.7 Å². The zero-order valence-corrected chi connectivity index (χ0v) is 20.1. The molecule has 0 aromatic heterocycles. The number of carbonyl (C=O) groups is 2. The van der Waals surface area contributed by atoms with Crippen LogP contribution >= 0.6 is 0 Å². The molecule has 0 atom stereocenters. The second kappa shape index (κ2) is 13.6. The molecular formula is C24H31N3O7. The first-order valence-electron chi connectivity index (χ1n) is 10.9. The summed E-state index contributed by atoms with van der Waals surface area (Å²) < 4.78 is 27.3. The van der Waals surface area contributed by atoms with Crippen molar-refractivity contribution >= 4 is 18.0 Å². The molecular weight excluding hydrogens is 442 g/mol. The van der Waals surface area contributed by atoms with Crippen LogP contribution in [0.4, 0.5) is 0 Å². The first kappa shape index (κ1) is 26.3. The maximum atomic E-state index is 12.7. The van der Waals surface area contributed by atoms with Gasteiger partial charge in [0.25, 0.3) is 11.8 Å². The van der Waals surface area contributed by atoms with E-state index in [1.807, 2.05) is 20.8 Å². The lowest BCUT2D eigenvalue weighted by molar-refractivity contribution is -0.120. The molecule has 0 saturated carbocycles. The van der Waals surface area contributed by atoms with Crippen LogP contribution < -0.4 is 34.4 Å². The van der Waals surface area contributed by atoms with E-state index in [-0.39, 0.29) is 12.1 Å². The smallest absolute Gasteiger partial charge is 0.259 e. The Bertz CT molecular complexity index is 981. The van der Waals surface area contributed by atoms with Gasteiger partial charge in [0.05, 0.1) is 46.8 Å². The summed E-state index contributed by atoms with van der Waals surface area (Å²) in [4.78, 5) is 24.8. The molecule has 0 unspecified atom stereocenters. The number of benzene rings is 2. The SMILES string of the molecule is CCOc1cc(C(=O)NCC(=O)N/N=C\c2cc(OC)ccc2OC)cc(OCC)c1OCC. The normalized spacial score (nSPS) is 10.5. The molecule has 0 fully saturated rings. The van der Waals surface area contributed by atoms with E-state index in [0.29, 0.717) is 54.1 Å². The summed E-state index contributed by atoms with van der Waals surface area (Å²) in [5, 5.41) is 6.47. The van der Waals surface area contributed by atoms with E-state index >= 15 is 0 Å². The van der Waals surface area contributed by atoms with Crippen LogP contribution in [0, 0.1) is 0 Å². The molecule has 0 aliphatic heterocycles. The molecule has 2 rings (SSSR count). The Morgan fingerprint density at radius 1 is 0.882 bits per heavy atom. The van der Waals surface area contributed by atoms with E-state index in [1.165, 1.54) is 13.3 Å². The standard InChI is InChI=1S/C24H31N3O7/c1-6-32-20-12-16(13-21(33-7-2)23(20)34-8-3)24(29)25-15-22(28)27-26-14-17-11-18(30-4)9-10-19(17)31-5/h9-14H,6-8,15H2,1-5H3,(H,25,29)(H,27,28)/b26-14-. The van der Waals surface area contributed by atoms with Gasteiger partial charge >= 0.3 is 0 Å². The molecule has 2 aromatic rings. The Labute approximate surface area is 199 Å². The Morgan fingerprint density at radius 2 is 1.53 bits per heavy atom. The van der Waals surface area contributed by atoms with E-state index in [9.17, 15) is 9.59 Å². The van der Waals surface area contributed by atoms with Crippen LogP contribution in [0.15, 0.2) is 35.4 Å². The molecule has 0 bridgehead atoms. The fourth-order valence-electron chi connectivity index (χ4n) is 2.94. The third-order valence-electron chi connectivity index (χ3n) is 4.41. The number of amides is 2. The van der Waals surface area contributed by atoms with Gasteiger partial charge in [0, 0.05) is 11.1 Å². The summed E-state index contributed by atoms with van der Waals surface area (Å²) in [6.45, 7) is 6.39. The molecule has 0 aliphatic rings. The fourth-order valence-corrected chi connectivity index (χ4v) is 2.94. The highest BCUT2D eigenvalue weighted by atomic mass is 16.5. The summed E-state index contributed by atoms with van der Waals surface area (Å²) in [6.07, 6.45) is 1.43. The van der Waals surface area contributed by atoms with Crippen LogP contribution in [-0.4, -0.2) is 58.6 Å². The number of hydrogen-bond donors (Lipinski definition) is 2. The second-order valence-corrected chi connectivity index (χ2v) is 6.68. The molecule has 0 radical (unpaired) electrons. The molecule has 2 aromatic carbocycles. The lowest BCUT2D eigenvalue weighted by Crippen LogP contribution is -2.35. The number of ether oxygens (including phenoxy) is 5. The number of hydrazone groups is 1. The van der Waals surface area contributed by atoms with Gasteiger partial charge in [-0.1, -0.05) is 0 Å².